The van der Waals surface area contributed by atoms with E-state index in [0.29, 0.717) is 5.15 Å². The summed E-state index contributed by atoms with van der Waals surface area (Å²) in [5.74, 6) is 1.53. The minimum Gasteiger partial charge on any atom is -0.363 e. The lowest BCUT2D eigenvalue weighted by molar-refractivity contribution is 0.845. The number of nitrogens with one attached hydrogen (secondary N) is 1. The summed E-state index contributed by atoms with van der Waals surface area (Å²) < 4.78 is 0. The summed E-state index contributed by atoms with van der Waals surface area (Å²) in [7, 11) is 0. The van der Waals surface area contributed by atoms with E-state index in [-0.39, 0.29) is 6.04 Å². The molecule has 19 heavy (non-hydrogen) atoms. The van der Waals surface area contributed by atoms with Crippen LogP contribution in [0, 0.1) is 6.92 Å². The number of pyridine rings is 1. The zero-order chi connectivity index (χ0) is 13.8. The van der Waals surface area contributed by atoms with E-state index < -0.39 is 0 Å². The molecule has 4 nitrogen and oxygen atoms in total. The van der Waals surface area contributed by atoms with Gasteiger partial charge in [-0.05, 0) is 25.5 Å². The van der Waals surface area contributed by atoms with Crippen LogP contribution in [0.15, 0.2) is 24.5 Å². The third kappa shape index (κ3) is 3.20. The van der Waals surface area contributed by atoms with Crippen LogP contribution in [0.2, 0.25) is 5.15 Å². The molecular weight excluding hydrogens is 260 g/mol. The van der Waals surface area contributed by atoms with E-state index >= 15 is 0 Å². The first-order valence-corrected chi connectivity index (χ1v) is 6.69. The van der Waals surface area contributed by atoms with E-state index in [2.05, 4.69) is 27.2 Å². The highest BCUT2D eigenvalue weighted by atomic mass is 35.5. The molecule has 0 aliphatic rings. The third-order valence-electron chi connectivity index (χ3n) is 2.99. The number of aromatic nitrogens is 3. The maximum atomic E-state index is 6.12. The lowest BCUT2D eigenvalue weighted by Crippen LogP contribution is -2.11. The van der Waals surface area contributed by atoms with Gasteiger partial charge in [0, 0.05) is 24.4 Å². The molecular formula is C14H17ClN4. The molecule has 2 aromatic rings. The second-order valence-corrected chi connectivity index (χ2v) is 4.77. The van der Waals surface area contributed by atoms with Gasteiger partial charge in [0.05, 0.1) is 6.04 Å². The topological polar surface area (TPSA) is 50.7 Å². The predicted molar refractivity (Wildman–Crippen MR) is 77.4 cm³/mol. The van der Waals surface area contributed by atoms with Crippen molar-refractivity contribution in [2.45, 2.75) is 33.2 Å². The molecule has 0 radical (unpaired) electrons. The zero-order valence-electron chi connectivity index (χ0n) is 11.3. The second-order valence-electron chi connectivity index (χ2n) is 4.41. The van der Waals surface area contributed by atoms with Gasteiger partial charge < -0.3 is 5.32 Å². The van der Waals surface area contributed by atoms with Crippen molar-refractivity contribution in [3.8, 4) is 0 Å². The fraction of sp³-hybridized carbons (Fsp3) is 0.357. The van der Waals surface area contributed by atoms with Gasteiger partial charge in [0.1, 0.15) is 16.8 Å². The standard InChI is InChI=1S/C14H17ClN4/c1-4-12-18-13(15)9(2)14(19-12)17-10(3)11-6-5-7-16-8-11/h5-8,10H,4H2,1-3H3,(H,17,18,19). The van der Waals surface area contributed by atoms with Gasteiger partial charge in [-0.15, -0.1) is 0 Å². The predicted octanol–water partition coefficient (Wildman–Crippen LogP) is 3.57. The minimum atomic E-state index is 0.114. The van der Waals surface area contributed by atoms with Gasteiger partial charge in [-0.2, -0.15) is 0 Å². The summed E-state index contributed by atoms with van der Waals surface area (Å²) in [5, 5.41) is 3.87. The molecule has 0 aromatic carbocycles. The molecule has 2 heterocycles. The third-order valence-corrected chi connectivity index (χ3v) is 3.35. The van der Waals surface area contributed by atoms with Crippen LogP contribution in [-0.2, 0) is 6.42 Å². The van der Waals surface area contributed by atoms with Crippen LogP contribution in [0.3, 0.4) is 0 Å². The lowest BCUT2D eigenvalue weighted by Gasteiger charge is -2.17. The van der Waals surface area contributed by atoms with Gasteiger partial charge in [-0.1, -0.05) is 24.6 Å². The van der Waals surface area contributed by atoms with E-state index in [0.717, 1.165) is 29.2 Å². The maximum Gasteiger partial charge on any atom is 0.137 e. The van der Waals surface area contributed by atoms with Crippen LogP contribution < -0.4 is 5.32 Å². The Balaban J connectivity index is 2.26. The first-order valence-electron chi connectivity index (χ1n) is 6.31. The van der Waals surface area contributed by atoms with Crippen LogP contribution in [0.4, 0.5) is 5.82 Å². The summed E-state index contributed by atoms with van der Waals surface area (Å²) in [5.41, 5.74) is 1.98. The number of nitrogens with zero attached hydrogens (tertiary/aromatic N) is 3. The van der Waals surface area contributed by atoms with E-state index in [1.165, 1.54) is 0 Å². The zero-order valence-corrected chi connectivity index (χ0v) is 12.1. The number of halogens is 1. The molecule has 1 N–H and O–H groups in total. The van der Waals surface area contributed by atoms with Crippen molar-refractivity contribution in [1.29, 1.82) is 0 Å². The van der Waals surface area contributed by atoms with Gasteiger partial charge in [-0.3, -0.25) is 4.98 Å². The van der Waals surface area contributed by atoms with Crippen molar-refractivity contribution >= 4 is 17.4 Å². The fourth-order valence-electron chi connectivity index (χ4n) is 1.75. The summed E-state index contributed by atoms with van der Waals surface area (Å²) in [6.45, 7) is 5.99. The van der Waals surface area contributed by atoms with Crippen molar-refractivity contribution in [3.05, 3.63) is 46.6 Å². The molecule has 0 fully saturated rings. The molecule has 0 saturated carbocycles. The van der Waals surface area contributed by atoms with E-state index in [9.17, 15) is 0 Å². The number of anilines is 1. The molecule has 0 amide bonds. The lowest BCUT2D eigenvalue weighted by atomic mass is 10.1. The fourth-order valence-corrected chi connectivity index (χ4v) is 1.94. The summed E-state index contributed by atoms with van der Waals surface area (Å²) in [4.78, 5) is 12.8. The van der Waals surface area contributed by atoms with Crippen LogP contribution in [0.5, 0.6) is 0 Å². The second kappa shape index (κ2) is 5.97. The monoisotopic (exact) mass is 276 g/mol. The van der Waals surface area contributed by atoms with Gasteiger partial charge >= 0.3 is 0 Å². The van der Waals surface area contributed by atoms with Gasteiger partial charge in [0.2, 0.25) is 0 Å². The molecule has 0 aliphatic carbocycles. The molecule has 1 unspecified atom stereocenters. The Hall–Kier alpha value is -1.68. The molecule has 100 valence electrons. The van der Waals surface area contributed by atoms with Crippen LogP contribution in [0.25, 0.3) is 0 Å². The SMILES string of the molecule is CCc1nc(Cl)c(C)c(NC(C)c2cccnc2)n1. The molecule has 5 heteroatoms. The Bertz CT molecular complexity index is 557. The first kappa shape index (κ1) is 13.7. The molecule has 0 bridgehead atoms. The van der Waals surface area contributed by atoms with Crippen molar-refractivity contribution in [2.24, 2.45) is 0 Å². The number of aryl methyl sites for hydroxylation is 1. The van der Waals surface area contributed by atoms with E-state index in [1.54, 1.807) is 6.20 Å². The summed E-state index contributed by atoms with van der Waals surface area (Å²) in [6.07, 6.45) is 4.37. The molecule has 0 saturated heterocycles. The van der Waals surface area contributed by atoms with Crippen molar-refractivity contribution in [1.82, 2.24) is 15.0 Å². The minimum absolute atomic E-state index is 0.114. The Morgan fingerprint density at radius 1 is 1.37 bits per heavy atom. The number of rotatable bonds is 4. The summed E-state index contributed by atoms with van der Waals surface area (Å²) >= 11 is 6.12. The highest BCUT2D eigenvalue weighted by molar-refractivity contribution is 6.30. The first-order chi connectivity index (χ1) is 9.11. The van der Waals surface area contributed by atoms with Crippen molar-refractivity contribution in [3.63, 3.8) is 0 Å². The Labute approximate surface area is 118 Å². The largest absolute Gasteiger partial charge is 0.363 e. The molecule has 0 aliphatic heterocycles. The normalized spacial score (nSPS) is 12.2. The summed E-state index contributed by atoms with van der Waals surface area (Å²) in [6, 6.07) is 4.07. The number of hydrogen-bond acceptors (Lipinski definition) is 4. The quantitative estimate of drug-likeness (QED) is 0.868. The van der Waals surface area contributed by atoms with Gasteiger partial charge in [-0.25, -0.2) is 9.97 Å². The van der Waals surface area contributed by atoms with Crippen LogP contribution >= 0.6 is 11.6 Å². The Morgan fingerprint density at radius 2 is 2.16 bits per heavy atom. The highest BCUT2D eigenvalue weighted by Gasteiger charge is 2.12. The smallest absolute Gasteiger partial charge is 0.137 e. The molecule has 0 spiro atoms. The van der Waals surface area contributed by atoms with Crippen molar-refractivity contribution < 1.29 is 0 Å². The van der Waals surface area contributed by atoms with Gasteiger partial charge in [0.15, 0.2) is 0 Å². The molecule has 2 aromatic heterocycles. The van der Waals surface area contributed by atoms with Crippen LogP contribution in [0.1, 0.15) is 36.8 Å². The average Bonchev–Trinajstić information content (AvgIpc) is 2.44. The van der Waals surface area contributed by atoms with Gasteiger partial charge in [0.25, 0.3) is 0 Å². The van der Waals surface area contributed by atoms with Crippen molar-refractivity contribution in [2.75, 3.05) is 5.32 Å². The Kier molecular flexibility index (Phi) is 4.32. The molecule has 1 atom stereocenters. The average molecular weight is 277 g/mol. The van der Waals surface area contributed by atoms with E-state index in [1.807, 2.05) is 32.2 Å². The Morgan fingerprint density at radius 3 is 2.79 bits per heavy atom. The maximum absolute atomic E-state index is 6.12. The highest BCUT2D eigenvalue weighted by Crippen LogP contribution is 2.24. The molecule has 2 rings (SSSR count). The van der Waals surface area contributed by atoms with Crippen LogP contribution in [-0.4, -0.2) is 15.0 Å². The van der Waals surface area contributed by atoms with E-state index in [4.69, 9.17) is 11.6 Å². The number of hydrogen-bond donors (Lipinski definition) is 1.